The molecule has 134 valence electrons. The number of nitrogens with one attached hydrogen (secondary N) is 2. The molecular weight excluding hydrogens is 354 g/mol. The number of carbonyl (C=O) groups is 1. The van der Waals surface area contributed by atoms with Gasteiger partial charge in [0.2, 0.25) is 5.95 Å². The Morgan fingerprint density at radius 2 is 1.73 bits per heavy atom. The lowest BCUT2D eigenvalue weighted by Crippen LogP contribution is -2.38. The molecule has 0 unspecified atom stereocenters. The van der Waals surface area contributed by atoms with Crippen LogP contribution in [-0.2, 0) is 10.0 Å². The number of imidazole rings is 1. The summed E-state index contributed by atoms with van der Waals surface area (Å²) in [6.07, 6.45) is 1.50. The van der Waals surface area contributed by atoms with Gasteiger partial charge in [0.15, 0.2) is 0 Å². The highest BCUT2D eigenvalue weighted by Crippen LogP contribution is 2.18. The third kappa shape index (κ3) is 3.83. The third-order valence-electron chi connectivity index (χ3n) is 3.58. The Labute approximate surface area is 150 Å². The van der Waals surface area contributed by atoms with Crippen LogP contribution in [0.1, 0.15) is 5.56 Å². The number of anilines is 1. The van der Waals surface area contributed by atoms with E-state index in [2.05, 4.69) is 10.4 Å². The first-order valence-electron chi connectivity index (χ1n) is 7.66. The number of benzene rings is 2. The van der Waals surface area contributed by atoms with Crippen molar-refractivity contribution in [2.75, 3.05) is 11.2 Å². The highest BCUT2D eigenvalue weighted by Gasteiger charge is 2.18. The summed E-state index contributed by atoms with van der Waals surface area (Å²) in [4.78, 5) is 16.2. The molecule has 1 heterocycles. The molecular formula is C17H17N5O3S. The van der Waals surface area contributed by atoms with Crippen LogP contribution in [0.5, 0.6) is 0 Å². The molecule has 9 heteroatoms. The van der Waals surface area contributed by atoms with Gasteiger partial charge in [-0.1, -0.05) is 48.0 Å². The van der Waals surface area contributed by atoms with Crippen molar-refractivity contribution >= 4 is 22.0 Å². The van der Waals surface area contributed by atoms with Crippen LogP contribution in [0.4, 0.5) is 10.7 Å². The monoisotopic (exact) mass is 371 g/mol. The van der Waals surface area contributed by atoms with E-state index in [-0.39, 0.29) is 10.8 Å². The second-order valence-corrected chi connectivity index (χ2v) is 7.26. The number of aryl methyl sites for hydroxylation is 1. The number of amides is 2. The maximum atomic E-state index is 12.2. The minimum Gasteiger partial charge on any atom is -0.368 e. The average molecular weight is 371 g/mol. The van der Waals surface area contributed by atoms with Crippen LogP contribution in [0.15, 0.2) is 65.7 Å². The van der Waals surface area contributed by atoms with Gasteiger partial charge < -0.3 is 5.73 Å². The molecule has 4 N–H and O–H groups in total. The fourth-order valence-electron chi connectivity index (χ4n) is 2.26. The van der Waals surface area contributed by atoms with Crippen LogP contribution in [0.3, 0.4) is 0 Å². The van der Waals surface area contributed by atoms with Gasteiger partial charge in [0, 0.05) is 5.56 Å². The van der Waals surface area contributed by atoms with Crippen molar-refractivity contribution in [3.8, 4) is 11.3 Å². The lowest BCUT2D eigenvalue weighted by atomic mass is 10.2. The molecule has 0 aliphatic carbocycles. The van der Waals surface area contributed by atoms with Gasteiger partial charge in [-0.3, -0.25) is 0 Å². The number of sulfonamides is 1. The number of urea groups is 1. The van der Waals surface area contributed by atoms with Gasteiger partial charge in [-0.15, -0.1) is 0 Å². The Balaban J connectivity index is 1.74. The molecule has 0 saturated heterocycles. The number of carbonyl (C=O) groups excluding carboxylic acids is 1. The number of nitrogens with two attached hydrogens (primary N) is 1. The molecule has 0 aliphatic rings. The molecule has 2 amide bonds. The summed E-state index contributed by atoms with van der Waals surface area (Å²) in [7, 11) is -3.99. The summed E-state index contributed by atoms with van der Waals surface area (Å²) in [5, 5.41) is 0. The fourth-order valence-corrected chi connectivity index (χ4v) is 3.16. The predicted octanol–water partition coefficient (Wildman–Crippen LogP) is 2.08. The number of hydrogen-bond donors (Lipinski definition) is 3. The number of hydrogen-bond acceptors (Lipinski definition) is 5. The van der Waals surface area contributed by atoms with Crippen LogP contribution >= 0.6 is 0 Å². The zero-order valence-corrected chi connectivity index (χ0v) is 14.7. The second kappa shape index (κ2) is 6.89. The summed E-state index contributed by atoms with van der Waals surface area (Å²) >= 11 is 0. The first-order valence-corrected chi connectivity index (χ1v) is 9.14. The summed E-state index contributed by atoms with van der Waals surface area (Å²) in [5.41, 5.74) is 10.4. The van der Waals surface area contributed by atoms with E-state index in [4.69, 9.17) is 5.73 Å². The molecule has 0 radical (unpaired) electrons. The first-order chi connectivity index (χ1) is 12.3. The summed E-state index contributed by atoms with van der Waals surface area (Å²) in [6.45, 7) is 1.84. The highest BCUT2D eigenvalue weighted by atomic mass is 32.2. The zero-order chi connectivity index (χ0) is 18.7. The minimum absolute atomic E-state index is 0.0122. The van der Waals surface area contributed by atoms with Gasteiger partial charge in [-0.05, 0) is 19.1 Å². The molecule has 1 aromatic heterocycles. The first kappa shape index (κ1) is 17.5. The Bertz CT molecular complexity index is 1030. The van der Waals surface area contributed by atoms with Crippen molar-refractivity contribution in [2.45, 2.75) is 11.8 Å². The molecule has 26 heavy (non-hydrogen) atoms. The maximum Gasteiger partial charge on any atom is 0.347 e. The smallest absolute Gasteiger partial charge is 0.347 e. The van der Waals surface area contributed by atoms with Crippen molar-refractivity contribution in [3.63, 3.8) is 0 Å². The quantitative estimate of drug-likeness (QED) is 0.649. The van der Waals surface area contributed by atoms with Crippen LogP contribution in [-0.4, -0.2) is 24.1 Å². The predicted molar refractivity (Wildman–Crippen MR) is 98.3 cm³/mol. The van der Waals surface area contributed by atoms with Crippen molar-refractivity contribution in [2.24, 2.45) is 0 Å². The molecule has 0 aliphatic heterocycles. The Morgan fingerprint density at radius 3 is 2.38 bits per heavy atom. The van der Waals surface area contributed by atoms with Crippen LogP contribution < -0.4 is 15.9 Å². The summed E-state index contributed by atoms with van der Waals surface area (Å²) < 4.78 is 27.5. The van der Waals surface area contributed by atoms with Gasteiger partial charge in [0.05, 0.1) is 16.8 Å². The van der Waals surface area contributed by atoms with Crippen molar-refractivity contribution in [3.05, 3.63) is 66.4 Å². The molecule has 0 fully saturated rings. The van der Waals surface area contributed by atoms with Crippen molar-refractivity contribution in [1.82, 2.24) is 14.4 Å². The average Bonchev–Trinajstić information content (AvgIpc) is 2.96. The van der Waals surface area contributed by atoms with Crippen LogP contribution in [0.2, 0.25) is 0 Å². The summed E-state index contributed by atoms with van der Waals surface area (Å²) in [6, 6.07) is 14.4. The molecule has 0 bridgehead atoms. The molecule has 3 rings (SSSR count). The molecule has 2 aromatic carbocycles. The van der Waals surface area contributed by atoms with Gasteiger partial charge in [0.1, 0.15) is 0 Å². The van der Waals surface area contributed by atoms with Crippen LogP contribution in [0.25, 0.3) is 11.3 Å². The molecule has 0 atom stereocenters. The lowest BCUT2D eigenvalue weighted by molar-refractivity contribution is 0.254. The van der Waals surface area contributed by atoms with E-state index in [0.717, 1.165) is 15.8 Å². The van der Waals surface area contributed by atoms with Crippen molar-refractivity contribution in [1.29, 1.82) is 0 Å². The van der Waals surface area contributed by atoms with E-state index in [9.17, 15) is 13.2 Å². The molecule has 0 saturated carbocycles. The van der Waals surface area contributed by atoms with Crippen molar-refractivity contribution < 1.29 is 13.2 Å². The van der Waals surface area contributed by atoms with E-state index in [1.54, 1.807) is 12.1 Å². The van der Waals surface area contributed by atoms with E-state index in [1.807, 2.05) is 42.0 Å². The maximum absolute atomic E-state index is 12.2. The normalized spacial score (nSPS) is 11.1. The molecule has 0 spiro atoms. The van der Waals surface area contributed by atoms with E-state index in [0.29, 0.717) is 5.69 Å². The van der Waals surface area contributed by atoms with Gasteiger partial charge >= 0.3 is 6.03 Å². The van der Waals surface area contributed by atoms with E-state index in [1.165, 1.54) is 18.3 Å². The number of nitrogen functional groups attached to an aromatic ring is 1. The third-order valence-corrected chi connectivity index (χ3v) is 4.93. The second-order valence-electron chi connectivity index (χ2n) is 5.58. The van der Waals surface area contributed by atoms with E-state index >= 15 is 0 Å². The number of nitrogens with zero attached hydrogens (tertiary/aromatic N) is 2. The topological polar surface area (TPSA) is 119 Å². The standard InChI is InChI=1S/C17H17N5O3S/c1-12-7-9-14(10-8-12)26(24,25)21-17(23)20-22-11-15(19-16(22)18)13-5-3-2-4-6-13/h2-11H,1H3,(H2,18,19)(H2,20,21,23). The SMILES string of the molecule is Cc1ccc(S(=O)(=O)NC(=O)Nn2cc(-c3ccccc3)nc2N)cc1. The fraction of sp³-hybridized carbons (Fsp3) is 0.0588. The Morgan fingerprint density at radius 1 is 1.08 bits per heavy atom. The summed E-state index contributed by atoms with van der Waals surface area (Å²) in [5.74, 6) is 0.0201. The number of aromatic nitrogens is 2. The minimum atomic E-state index is -3.99. The zero-order valence-electron chi connectivity index (χ0n) is 13.9. The van der Waals surface area contributed by atoms with Gasteiger partial charge in [0.25, 0.3) is 10.0 Å². The highest BCUT2D eigenvalue weighted by molar-refractivity contribution is 7.90. The molecule has 3 aromatic rings. The van der Waals surface area contributed by atoms with Crippen LogP contribution in [0, 0.1) is 6.92 Å². The van der Waals surface area contributed by atoms with Gasteiger partial charge in [-0.2, -0.15) is 0 Å². The lowest BCUT2D eigenvalue weighted by Gasteiger charge is -2.10. The Hall–Kier alpha value is -3.33. The Kier molecular flexibility index (Phi) is 4.63. The largest absolute Gasteiger partial charge is 0.368 e. The van der Waals surface area contributed by atoms with Gasteiger partial charge in [-0.25, -0.2) is 33.0 Å². The number of rotatable bonds is 4. The molecule has 8 nitrogen and oxygen atoms in total. The van der Waals surface area contributed by atoms with E-state index < -0.39 is 16.1 Å².